The van der Waals surface area contributed by atoms with Crippen LogP contribution in [0.3, 0.4) is 0 Å². The number of rotatable bonds is 1. The first-order valence-corrected chi connectivity index (χ1v) is 6.31. The zero-order chi connectivity index (χ0) is 11.1. The highest BCUT2D eigenvalue weighted by Gasteiger charge is 2.38. The summed E-state index contributed by atoms with van der Waals surface area (Å²) in [6.07, 6.45) is 5.41. The minimum absolute atomic E-state index is 0.734. The van der Waals surface area contributed by atoms with E-state index in [0.717, 1.165) is 23.7 Å². The molecule has 3 rings (SSSR count). The summed E-state index contributed by atoms with van der Waals surface area (Å²) in [5.41, 5.74) is 8.22. The van der Waals surface area contributed by atoms with Gasteiger partial charge in [-0.25, -0.2) is 0 Å². The van der Waals surface area contributed by atoms with E-state index in [2.05, 4.69) is 30.1 Å². The van der Waals surface area contributed by atoms with Crippen LogP contribution in [-0.2, 0) is 0 Å². The maximum Gasteiger partial charge on any atom is 0.0316 e. The third kappa shape index (κ3) is 1.61. The Balaban J connectivity index is 1.83. The molecule has 2 heteroatoms. The maximum atomic E-state index is 5.87. The van der Waals surface area contributed by atoms with Crippen molar-refractivity contribution in [1.29, 1.82) is 0 Å². The first kappa shape index (κ1) is 10.2. The molecular weight excluding hydrogens is 196 g/mol. The minimum atomic E-state index is 0.734. The predicted molar refractivity (Wildman–Crippen MR) is 67.4 cm³/mol. The monoisotopic (exact) mass is 216 g/mol. The highest BCUT2D eigenvalue weighted by molar-refractivity contribution is 5.42. The maximum absolute atomic E-state index is 5.87. The molecule has 0 saturated carbocycles. The molecule has 2 heterocycles. The SMILES string of the molecule is CN1C2CCC1CC(c1cccc(N)c1)C2. The van der Waals surface area contributed by atoms with Gasteiger partial charge in [0.2, 0.25) is 0 Å². The summed E-state index contributed by atoms with van der Waals surface area (Å²) in [4.78, 5) is 2.59. The van der Waals surface area contributed by atoms with Gasteiger partial charge in [-0.2, -0.15) is 0 Å². The summed E-state index contributed by atoms with van der Waals surface area (Å²) < 4.78 is 0. The van der Waals surface area contributed by atoms with Gasteiger partial charge >= 0.3 is 0 Å². The molecule has 2 bridgehead atoms. The summed E-state index contributed by atoms with van der Waals surface area (Å²) in [7, 11) is 2.29. The number of anilines is 1. The Kier molecular flexibility index (Phi) is 2.40. The van der Waals surface area contributed by atoms with Crippen LogP contribution >= 0.6 is 0 Å². The second-order valence-corrected chi connectivity index (χ2v) is 5.39. The number of piperidine rings is 1. The molecule has 1 aromatic rings. The molecule has 0 amide bonds. The molecule has 0 spiro atoms. The van der Waals surface area contributed by atoms with Gasteiger partial charge in [-0.05, 0) is 56.3 Å². The quantitative estimate of drug-likeness (QED) is 0.731. The standard InChI is InChI=1S/C14H20N2/c1-16-13-5-6-14(16)9-11(8-13)10-3-2-4-12(15)7-10/h2-4,7,11,13-14H,5-6,8-9,15H2,1H3. The first-order chi connectivity index (χ1) is 7.74. The van der Waals surface area contributed by atoms with E-state index in [1.54, 1.807) is 0 Å². The van der Waals surface area contributed by atoms with Crippen LogP contribution in [0.2, 0.25) is 0 Å². The summed E-state index contributed by atoms with van der Waals surface area (Å²) in [5, 5.41) is 0. The molecular formula is C14H20N2. The van der Waals surface area contributed by atoms with E-state index in [1.165, 1.54) is 31.2 Å². The van der Waals surface area contributed by atoms with Crippen molar-refractivity contribution >= 4 is 5.69 Å². The van der Waals surface area contributed by atoms with Crippen LogP contribution in [0.5, 0.6) is 0 Å². The van der Waals surface area contributed by atoms with E-state index in [0.29, 0.717) is 0 Å². The molecule has 0 aromatic heterocycles. The Labute approximate surface area is 97.4 Å². The van der Waals surface area contributed by atoms with Gasteiger partial charge in [0.05, 0.1) is 0 Å². The number of benzene rings is 1. The molecule has 16 heavy (non-hydrogen) atoms. The second-order valence-electron chi connectivity index (χ2n) is 5.39. The smallest absolute Gasteiger partial charge is 0.0316 e. The number of nitrogens with two attached hydrogens (primary N) is 1. The lowest BCUT2D eigenvalue weighted by Crippen LogP contribution is -2.39. The Morgan fingerprint density at radius 1 is 1.19 bits per heavy atom. The molecule has 1 aromatic carbocycles. The fourth-order valence-corrected chi connectivity index (χ4v) is 3.50. The van der Waals surface area contributed by atoms with Gasteiger partial charge < -0.3 is 10.6 Å². The molecule has 2 aliphatic heterocycles. The first-order valence-electron chi connectivity index (χ1n) is 6.31. The number of fused-ring (bicyclic) bond motifs is 2. The highest BCUT2D eigenvalue weighted by Crippen LogP contribution is 2.42. The van der Waals surface area contributed by atoms with Gasteiger partial charge in [-0.15, -0.1) is 0 Å². The molecule has 2 unspecified atom stereocenters. The van der Waals surface area contributed by atoms with Crippen molar-refractivity contribution in [3.05, 3.63) is 29.8 Å². The number of hydrogen-bond donors (Lipinski definition) is 1. The van der Waals surface area contributed by atoms with Crippen LogP contribution < -0.4 is 5.73 Å². The summed E-state index contributed by atoms with van der Waals surface area (Å²) in [6.45, 7) is 0. The van der Waals surface area contributed by atoms with Crippen LogP contribution in [0.4, 0.5) is 5.69 Å². The van der Waals surface area contributed by atoms with Crippen molar-refractivity contribution in [2.24, 2.45) is 0 Å². The molecule has 2 fully saturated rings. The van der Waals surface area contributed by atoms with Crippen LogP contribution in [0.15, 0.2) is 24.3 Å². The van der Waals surface area contributed by atoms with Crippen molar-refractivity contribution in [2.45, 2.75) is 43.7 Å². The van der Waals surface area contributed by atoms with Gasteiger partial charge in [-0.1, -0.05) is 12.1 Å². The molecule has 2 nitrogen and oxygen atoms in total. The van der Waals surface area contributed by atoms with Gasteiger partial charge in [0, 0.05) is 17.8 Å². The van der Waals surface area contributed by atoms with E-state index in [-0.39, 0.29) is 0 Å². The van der Waals surface area contributed by atoms with E-state index in [9.17, 15) is 0 Å². The Morgan fingerprint density at radius 3 is 2.50 bits per heavy atom. The van der Waals surface area contributed by atoms with Crippen LogP contribution in [0.1, 0.15) is 37.2 Å². The van der Waals surface area contributed by atoms with Crippen LogP contribution in [0, 0.1) is 0 Å². The Morgan fingerprint density at radius 2 is 1.88 bits per heavy atom. The van der Waals surface area contributed by atoms with E-state index in [4.69, 9.17) is 5.73 Å². The summed E-state index contributed by atoms with van der Waals surface area (Å²) in [6, 6.07) is 10.1. The van der Waals surface area contributed by atoms with E-state index in [1.807, 2.05) is 6.07 Å². The van der Waals surface area contributed by atoms with Crippen LogP contribution in [0.25, 0.3) is 0 Å². The highest BCUT2D eigenvalue weighted by atomic mass is 15.2. The average Bonchev–Trinajstić information content (AvgIpc) is 2.53. The molecule has 2 atom stereocenters. The lowest BCUT2D eigenvalue weighted by molar-refractivity contribution is 0.162. The van der Waals surface area contributed by atoms with Crippen molar-refractivity contribution in [1.82, 2.24) is 4.90 Å². The number of nitrogen functional groups attached to an aromatic ring is 1. The Hall–Kier alpha value is -1.02. The number of nitrogens with zero attached hydrogens (tertiary/aromatic N) is 1. The largest absolute Gasteiger partial charge is 0.399 e. The minimum Gasteiger partial charge on any atom is -0.399 e. The van der Waals surface area contributed by atoms with E-state index < -0.39 is 0 Å². The van der Waals surface area contributed by atoms with Crippen molar-refractivity contribution < 1.29 is 0 Å². The average molecular weight is 216 g/mol. The fourth-order valence-electron chi connectivity index (χ4n) is 3.50. The lowest BCUT2D eigenvalue weighted by atomic mass is 9.85. The van der Waals surface area contributed by atoms with Crippen molar-refractivity contribution in [3.63, 3.8) is 0 Å². The lowest BCUT2D eigenvalue weighted by Gasteiger charge is -2.36. The van der Waals surface area contributed by atoms with Crippen molar-refractivity contribution in [2.75, 3.05) is 12.8 Å². The fraction of sp³-hybridized carbons (Fsp3) is 0.571. The molecule has 0 radical (unpaired) electrons. The third-order valence-electron chi connectivity index (χ3n) is 4.48. The molecule has 2 aliphatic rings. The zero-order valence-electron chi connectivity index (χ0n) is 9.89. The number of hydrogen-bond acceptors (Lipinski definition) is 2. The second kappa shape index (κ2) is 3.77. The molecule has 0 aliphatic carbocycles. The topological polar surface area (TPSA) is 29.3 Å². The van der Waals surface area contributed by atoms with Crippen molar-refractivity contribution in [3.8, 4) is 0 Å². The van der Waals surface area contributed by atoms with Gasteiger partial charge in [-0.3, -0.25) is 0 Å². The van der Waals surface area contributed by atoms with E-state index >= 15 is 0 Å². The summed E-state index contributed by atoms with van der Waals surface area (Å²) >= 11 is 0. The zero-order valence-corrected chi connectivity index (χ0v) is 9.89. The third-order valence-corrected chi connectivity index (χ3v) is 4.48. The van der Waals surface area contributed by atoms with Gasteiger partial charge in [0.1, 0.15) is 0 Å². The molecule has 2 N–H and O–H groups in total. The predicted octanol–water partition coefficient (Wildman–Crippen LogP) is 2.61. The summed E-state index contributed by atoms with van der Waals surface area (Å²) in [5.74, 6) is 0.734. The Bertz CT molecular complexity index is 374. The van der Waals surface area contributed by atoms with Gasteiger partial charge in [0.15, 0.2) is 0 Å². The molecule has 86 valence electrons. The van der Waals surface area contributed by atoms with Crippen LogP contribution in [-0.4, -0.2) is 24.0 Å². The molecule has 2 saturated heterocycles. The van der Waals surface area contributed by atoms with Gasteiger partial charge in [0.25, 0.3) is 0 Å². The normalized spacial score (nSPS) is 34.2.